The van der Waals surface area contributed by atoms with Gasteiger partial charge in [-0.15, -0.1) is 0 Å². The summed E-state index contributed by atoms with van der Waals surface area (Å²) in [6.45, 7) is 2.01. The van der Waals surface area contributed by atoms with Gasteiger partial charge < -0.3 is 0 Å². The van der Waals surface area contributed by atoms with Crippen molar-refractivity contribution < 1.29 is 4.21 Å². The summed E-state index contributed by atoms with van der Waals surface area (Å²) in [5.74, 6) is 0.317. The van der Waals surface area contributed by atoms with E-state index in [0.717, 1.165) is 4.86 Å². The molecule has 9 heavy (non-hydrogen) atoms. The molecule has 0 aliphatic heterocycles. The predicted molar refractivity (Wildman–Crippen MR) is 40.6 cm³/mol. The second-order valence-electron chi connectivity index (χ2n) is 2.02. The Bertz CT molecular complexity index is 209. The SMILES string of the molecule is CC1C=CC=CC1=S=O. The van der Waals surface area contributed by atoms with Crippen molar-refractivity contribution in [2.45, 2.75) is 6.92 Å². The average molecular weight is 140 g/mol. The van der Waals surface area contributed by atoms with Gasteiger partial charge in [-0.2, -0.15) is 0 Å². The molecule has 1 aliphatic rings. The summed E-state index contributed by atoms with van der Waals surface area (Å²) in [4.78, 5) is 0.900. The molecule has 0 spiro atoms. The minimum atomic E-state index is 0.317. The van der Waals surface area contributed by atoms with Crippen LogP contribution in [0.4, 0.5) is 0 Å². The molecule has 2 heteroatoms. The summed E-state index contributed by atoms with van der Waals surface area (Å²) in [5.41, 5.74) is 0. The van der Waals surface area contributed by atoms with Crippen LogP contribution in [0.25, 0.3) is 0 Å². The zero-order valence-electron chi connectivity index (χ0n) is 5.20. The van der Waals surface area contributed by atoms with Crippen LogP contribution < -0.4 is 0 Å². The van der Waals surface area contributed by atoms with E-state index in [2.05, 4.69) is 0 Å². The van der Waals surface area contributed by atoms with E-state index in [1.54, 1.807) is 0 Å². The minimum absolute atomic E-state index is 0.317. The monoisotopic (exact) mass is 140 g/mol. The molecule has 0 amide bonds. The maximum atomic E-state index is 10.3. The maximum Gasteiger partial charge on any atom is 0.0926 e. The molecule has 48 valence electrons. The lowest BCUT2D eigenvalue weighted by molar-refractivity contribution is 0.700. The molecule has 0 aromatic carbocycles. The van der Waals surface area contributed by atoms with Crippen molar-refractivity contribution in [2.24, 2.45) is 5.92 Å². The molecule has 1 nitrogen and oxygen atoms in total. The Hall–Kier alpha value is -0.630. The standard InChI is InChI=1S/C7H8OS/c1-6-4-2-3-5-7(6)9-8/h2-6H,1H3. The van der Waals surface area contributed by atoms with Gasteiger partial charge in [0.25, 0.3) is 0 Å². The highest BCUT2D eigenvalue weighted by Gasteiger charge is 2.04. The molecule has 1 unspecified atom stereocenters. The Balaban J connectivity index is 2.90. The van der Waals surface area contributed by atoms with E-state index in [1.807, 2.05) is 31.2 Å². The van der Waals surface area contributed by atoms with Crippen LogP contribution in [0.3, 0.4) is 0 Å². The van der Waals surface area contributed by atoms with Gasteiger partial charge in [0.05, 0.1) is 16.1 Å². The number of hydrogen-bond donors (Lipinski definition) is 0. The lowest BCUT2D eigenvalue weighted by Gasteiger charge is -2.04. The van der Waals surface area contributed by atoms with Crippen LogP contribution in [0.5, 0.6) is 0 Å². The maximum absolute atomic E-state index is 10.3. The molecule has 0 saturated heterocycles. The van der Waals surface area contributed by atoms with E-state index in [0.29, 0.717) is 17.2 Å². The molecule has 0 aromatic rings. The van der Waals surface area contributed by atoms with E-state index in [1.165, 1.54) is 0 Å². The normalized spacial score (nSPS) is 24.6. The minimum Gasteiger partial charge on any atom is -0.212 e. The fourth-order valence-electron chi connectivity index (χ4n) is 0.731. The highest BCUT2D eigenvalue weighted by molar-refractivity contribution is 7.67. The van der Waals surface area contributed by atoms with Crippen LogP contribution in [0.2, 0.25) is 0 Å². The van der Waals surface area contributed by atoms with E-state index in [4.69, 9.17) is 0 Å². The van der Waals surface area contributed by atoms with Gasteiger partial charge in [-0.1, -0.05) is 25.2 Å². The fraction of sp³-hybridized carbons (Fsp3) is 0.286. The third-order valence-electron chi connectivity index (χ3n) is 1.32. The third-order valence-corrected chi connectivity index (χ3v) is 2.02. The summed E-state index contributed by atoms with van der Waals surface area (Å²) in [6, 6.07) is 0. The molecule has 0 fully saturated rings. The zero-order valence-corrected chi connectivity index (χ0v) is 6.02. The lowest BCUT2D eigenvalue weighted by Crippen LogP contribution is -2.06. The van der Waals surface area contributed by atoms with Crippen molar-refractivity contribution in [1.82, 2.24) is 0 Å². The molecule has 0 heterocycles. The van der Waals surface area contributed by atoms with Gasteiger partial charge in [-0.3, -0.25) is 0 Å². The molecule has 1 rings (SSSR count). The van der Waals surface area contributed by atoms with Crippen LogP contribution in [-0.2, 0) is 11.3 Å². The largest absolute Gasteiger partial charge is 0.212 e. The smallest absolute Gasteiger partial charge is 0.0926 e. The van der Waals surface area contributed by atoms with E-state index in [9.17, 15) is 4.21 Å². The zero-order chi connectivity index (χ0) is 6.69. The summed E-state index contributed by atoms with van der Waals surface area (Å²) < 4.78 is 10.3. The number of rotatable bonds is 0. The van der Waals surface area contributed by atoms with Crippen LogP contribution in [0, 0.1) is 5.92 Å². The second kappa shape index (κ2) is 2.78. The first-order valence-electron chi connectivity index (χ1n) is 2.86. The van der Waals surface area contributed by atoms with E-state index in [-0.39, 0.29) is 0 Å². The molecular weight excluding hydrogens is 132 g/mol. The molecule has 0 saturated carbocycles. The van der Waals surface area contributed by atoms with Gasteiger partial charge >= 0.3 is 0 Å². The topological polar surface area (TPSA) is 17.1 Å². The van der Waals surface area contributed by atoms with Crippen molar-refractivity contribution in [2.75, 3.05) is 0 Å². The van der Waals surface area contributed by atoms with Crippen molar-refractivity contribution >= 4 is 16.1 Å². The van der Waals surface area contributed by atoms with E-state index >= 15 is 0 Å². The Kier molecular flexibility index (Phi) is 2.01. The highest BCUT2D eigenvalue weighted by Crippen LogP contribution is 2.05. The third kappa shape index (κ3) is 1.39. The molecule has 0 N–H and O–H groups in total. The highest BCUT2D eigenvalue weighted by atomic mass is 32.1. The van der Waals surface area contributed by atoms with Crippen molar-refractivity contribution in [3.63, 3.8) is 0 Å². The van der Waals surface area contributed by atoms with Crippen molar-refractivity contribution in [3.8, 4) is 0 Å². The first-order chi connectivity index (χ1) is 4.34. The first-order valence-corrected chi connectivity index (χ1v) is 3.60. The molecule has 1 aliphatic carbocycles. The predicted octanol–water partition coefficient (Wildman–Crippen LogP) is 1.13. The van der Waals surface area contributed by atoms with Crippen LogP contribution in [0.1, 0.15) is 6.92 Å². The van der Waals surface area contributed by atoms with Crippen molar-refractivity contribution in [1.29, 1.82) is 0 Å². The molecule has 0 bridgehead atoms. The number of hydrogen-bond acceptors (Lipinski definition) is 1. The van der Waals surface area contributed by atoms with Gasteiger partial charge in [-0.05, 0) is 6.08 Å². The quantitative estimate of drug-likeness (QED) is 0.461. The second-order valence-corrected chi connectivity index (χ2v) is 2.66. The van der Waals surface area contributed by atoms with Gasteiger partial charge in [0.15, 0.2) is 0 Å². The average Bonchev–Trinajstić information content (AvgIpc) is 1.89. The first kappa shape index (κ1) is 6.49. The van der Waals surface area contributed by atoms with Gasteiger partial charge in [0.1, 0.15) is 0 Å². The van der Waals surface area contributed by atoms with Crippen molar-refractivity contribution in [3.05, 3.63) is 24.3 Å². The molecule has 0 aromatic heterocycles. The van der Waals surface area contributed by atoms with Crippen LogP contribution in [0.15, 0.2) is 24.3 Å². The summed E-state index contributed by atoms with van der Waals surface area (Å²) in [7, 11) is 0. The van der Waals surface area contributed by atoms with Crippen LogP contribution >= 0.6 is 0 Å². The van der Waals surface area contributed by atoms with Gasteiger partial charge in [-0.25, -0.2) is 4.21 Å². The fourth-order valence-corrected chi connectivity index (χ4v) is 1.10. The molecule has 1 atom stereocenters. The van der Waals surface area contributed by atoms with Gasteiger partial charge in [0, 0.05) is 5.92 Å². The van der Waals surface area contributed by atoms with E-state index < -0.39 is 0 Å². The summed E-state index contributed by atoms with van der Waals surface area (Å²) in [5, 5.41) is 0. The Labute approximate surface area is 58.2 Å². The Morgan fingerprint density at radius 3 is 2.78 bits per heavy atom. The lowest BCUT2D eigenvalue weighted by atomic mass is 10.0. The van der Waals surface area contributed by atoms with Crippen LogP contribution in [-0.4, -0.2) is 9.07 Å². The van der Waals surface area contributed by atoms with Gasteiger partial charge in [0.2, 0.25) is 0 Å². The Morgan fingerprint density at radius 1 is 1.56 bits per heavy atom. The number of allylic oxidation sites excluding steroid dienone is 4. The molecule has 0 radical (unpaired) electrons. The summed E-state index contributed by atoms with van der Waals surface area (Å²) >= 11 is 0.582. The summed E-state index contributed by atoms with van der Waals surface area (Å²) in [6.07, 6.45) is 7.73. The molecular formula is C7H8OS. The Morgan fingerprint density at radius 2 is 2.33 bits per heavy atom.